The zero-order valence-electron chi connectivity index (χ0n) is 14.1. The molecule has 1 amide bonds. The molecule has 25 heavy (non-hydrogen) atoms. The van der Waals surface area contributed by atoms with Crippen molar-refractivity contribution in [1.82, 2.24) is 5.32 Å². The van der Waals surface area contributed by atoms with Crippen LogP contribution in [-0.2, 0) is 13.0 Å². The van der Waals surface area contributed by atoms with Crippen LogP contribution in [0.4, 0.5) is 0 Å². The first-order valence-corrected chi connectivity index (χ1v) is 8.47. The van der Waals surface area contributed by atoms with Crippen LogP contribution in [0.25, 0.3) is 0 Å². The Morgan fingerprint density at radius 1 is 1.32 bits per heavy atom. The van der Waals surface area contributed by atoms with Gasteiger partial charge in [-0.2, -0.15) is 0 Å². The molecule has 0 atom stereocenters. The van der Waals surface area contributed by atoms with E-state index in [1.807, 2.05) is 24.3 Å². The molecule has 6 heteroatoms. The maximum Gasteiger partial charge on any atom is 0.339 e. The van der Waals surface area contributed by atoms with Gasteiger partial charge in [-0.1, -0.05) is 25.1 Å². The molecule has 1 saturated carbocycles. The Balaban J connectivity index is 1.67. The lowest BCUT2D eigenvalue weighted by molar-refractivity contribution is 0.0694. The van der Waals surface area contributed by atoms with Gasteiger partial charge in [-0.15, -0.1) is 0 Å². The average Bonchev–Trinajstić information content (AvgIpc) is 3.01. The molecule has 2 N–H and O–H groups in total. The molecule has 0 bridgehead atoms. The van der Waals surface area contributed by atoms with Crippen LogP contribution >= 0.6 is 0 Å². The second-order valence-electron chi connectivity index (χ2n) is 6.07. The molecule has 3 rings (SSSR count). The molecule has 0 radical (unpaired) electrons. The minimum Gasteiger partial charge on any atom is -0.490 e. The average molecular weight is 343 g/mol. The van der Waals surface area contributed by atoms with Crippen molar-refractivity contribution in [2.24, 2.45) is 0 Å². The number of carboxylic acid groups (broad SMARTS) is 1. The van der Waals surface area contributed by atoms with Gasteiger partial charge < -0.3 is 19.6 Å². The van der Waals surface area contributed by atoms with E-state index >= 15 is 0 Å². The first kappa shape index (κ1) is 17.1. The van der Waals surface area contributed by atoms with Gasteiger partial charge in [-0.05, 0) is 25.3 Å². The van der Waals surface area contributed by atoms with E-state index in [1.165, 1.54) is 12.5 Å². The number of aryl methyl sites for hydroxylation is 1. The summed E-state index contributed by atoms with van der Waals surface area (Å²) in [7, 11) is 0. The minimum absolute atomic E-state index is 0.00615. The van der Waals surface area contributed by atoms with Crippen molar-refractivity contribution in [3.63, 3.8) is 0 Å². The zero-order chi connectivity index (χ0) is 17.8. The summed E-state index contributed by atoms with van der Waals surface area (Å²) in [6.07, 6.45) is 3.98. The van der Waals surface area contributed by atoms with Crippen LogP contribution in [-0.4, -0.2) is 23.1 Å². The predicted molar refractivity (Wildman–Crippen MR) is 90.9 cm³/mol. The number of benzene rings is 1. The number of amides is 1. The SMILES string of the molecule is CCc1oc(C(=O)NCc2ccccc2OC2CCC2)cc1C(=O)O. The number of furan rings is 1. The van der Waals surface area contributed by atoms with Crippen LogP contribution in [0.1, 0.15) is 58.4 Å². The standard InChI is InChI=1S/C19H21NO5/c1-2-15-14(19(22)23)10-17(25-15)18(21)20-11-12-6-3-4-9-16(12)24-13-7-5-8-13/h3-4,6,9-10,13H,2,5,7-8,11H2,1H3,(H,20,21)(H,22,23). The summed E-state index contributed by atoms with van der Waals surface area (Å²) in [5.41, 5.74) is 0.907. The summed E-state index contributed by atoms with van der Waals surface area (Å²) in [4.78, 5) is 23.5. The molecular formula is C19H21NO5. The highest BCUT2D eigenvalue weighted by molar-refractivity contribution is 5.96. The molecule has 1 aliphatic carbocycles. The third-order valence-electron chi connectivity index (χ3n) is 4.34. The minimum atomic E-state index is -1.10. The maximum absolute atomic E-state index is 12.3. The monoisotopic (exact) mass is 343 g/mol. The van der Waals surface area contributed by atoms with Crippen molar-refractivity contribution >= 4 is 11.9 Å². The normalized spacial score (nSPS) is 14.0. The fraction of sp³-hybridized carbons (Fsp3) is 0.368. The second-order valence-corrected chi connectivity index (χ2v) is 6.07. The van der Waals surface area contributed by atoms with E-state index in [9.17, 15) is 9.59 Å². The number of para-hydroxylation sites is 1. The molecule has 1 aromatic heterocycles. The topological polar surface area (TPSA) is 88.8 Å². The number of carbonyl (C=O) groups excluding carboxylic acids is 1. The predicted octanol–water partition coefficient (Wildman–Crippen LogP) is 3.40. The van der Waals surface area contributed by atoms with Gasteiger partial charge in [-0.3, -0.25) is 4.79 Å². The highest BCUT2D eigenvalue weighted by Crippen LogP contribution is 2.27. The fourth-order valence-electron chi connectivity index (χ4n) is 2.68. The molecule has 6 nitrogen and oxygen atoms in total. The molecule has 1 aromatic carbocycles. The number of ether oxygens (including phenoxy) is 1. The molecule has 0 aliphatic heterocycles. The van der Waals surface area contributed by atoms with E-state index in [2.05, 4.69) is 5.32 Å². The first-order chi connectivity index (χ1) is 12.1. The zero-order valence-corrected chi connectivity index (χ0v) is 14.1. The Labute approximate surface area is 145 Å². The van der Waals surface area contributed by atoms with Crippen molar-refractivity contribution in [3.05, 3.63) is 53.0 Å². The number of hydrogen-bond acceptors (Lipinski definition) is 4. The Hall–Kier alpha value is -2.76. The number of rotatable bonds is 7. The van der Waals surface area contributed by atoms with E-state index < -0.39 is 11.9 Å². The molecule has 0 unspecified atom stereocenters. The van der Waals surface area contributed by atoms with E-state index in [0.29, 0.717) is 12.2 Å². The lowest BCUT2D eigenvalue weighted by atomic mass is 9.96. The third-order valence-corrected chi connectivity index (χ3v) is 4.34. The molecule has 1 heterocycles. The van der Waals surface area contributed by atoms with Crippen molar-refractivity contribution in [2.75, 3.05) is 0 Å². The summed E-state index contributed by atoms with van der Waals surface area (Å²) >= 11 is 0. The number of aromatic carboxylic acids is 1. The van der Waals surface area contributed by atoms with Crippen LogP contribution in [0.5, 0.6) is 5.75 Å². The van der Waals surface area contributed by atoms with Crippen molar-refractivity contribution in [2.45, 2.75) is 45.3 Å². The lowest BCUT2D eigenvalue weighted by Crippen LogP contribution is -2.26. The number of nitrogens with one attached hydrogen (secondary N) is 1. The van der Waals surface area contributed by atoms with Crippen molar-refractivity contribution in [3.8, 4) is 5.75 Å². The van der Waals surface area contributed by atoms with Gasteiger partial charge in [0.05, 0.1) is 6.10 Å². The molecule has 2 aromatic rings. The number of carbonyl (C=O) groups is 2. The smallest absolute Gasteiger partial charge is 0.339 e. The van der Waals surface area contributed by atoms with Crippen LogP contribution in [0.2, 0.25) is 0 Å². The van der Waals surface area contributed by atoms with Gasteiger partial charge in [0, 0.05) is 24.6 Å². The van der Waals surface area contributed by atoms with Gasteiger partial charge in [-0.25, -0.2) is 4.79 Å². The summed E-state index contributed by atoms with van der Waals surface area (Å²) in [5.74, 6) is -0.468. The Morgan fingerprint density at radius 2 is 2.08 bits per heavy atom. The highest BCUT2D eigenvalue weighted by Gasteiger charge is 2.22. The van der Waals surface area contributed by atoms with Gasteiger partial charge in [0.2, 0.25) is 0 Å². The molecular weight excluding hydrogens is 322 g/mol. The molecule has 1 fully saturated rings. The van der Waals surface area contributed by atoms with E-state index in [0.717, 1.165) is 24.2 Å². The summed E-state index contributed by atoms with van der Waals surface area (Å²) < 4.78 is 11.3. The summed E-state index contributed by atoms with van der Waals surface area (Å²) in [6.45, 7) is 2.06. The van der Waals surface area contributed by atoms with E-state index in [4.69, 9.17) is 14.3 Å². The van der Waals surface area contributed by atoms with Crippen LogP contribution in [0, 0.1) is 0 Å². The largest absolute Gasteiger partial charge is 0.490 e. The molecule has 0 saturated heterocycles. The Morgan fingerprint density at radius 3 is 2.68 bits per heavy atom. The Kier molecular flexibility index (Phi) is 5.07. The van der Waals surface area contributed by atoms with Crippen molar-refractivity contribution in [1.29, 1.82) is 0 Å². The molecule has 1 aliphatic rings. The van der Waals surface area contributed by atoms with Gasteiger partial charge in [0.15, 0.2) is 5.76 Å². The third kappa shape index (κ3) is 3.84. The highest BCUT2D eigenvalue weighted by atomic mass is 16.5. The maximum atomic E-state index is 12.3. The quantitative estimate of drug-likeness (QED) is 0.804. The van der Waals surface area contributed by atoms with Crippen LogP contribution in [0.3, 0.4) is 0 Å². The van der Waals surface area contributed by atoms with E-state index in [-0.39, 0.29) is 24.0 Å². The van der Waals surface area contributed by atoms with Gasteiger partial charge >= 0.3 is 5.97 Å². The van der Waals surface area contributed by atoms with Crippen LogP contribution < -0.4 is 10.1 Å². The van der Waals surface area contributed by atoms with Crippen molar-refractivity contribution < 1.29 is 23.8 Å². The van der Waals surface area contributed by atoms with Gasteiger partial charge in [0.25, 0.3) is 5.91 Å². The lowest BCUT2D eigenvalue weighted by Gasteiger charge is -2.27. The first-order valence-electron chi connectivity index (χ1n) is 8.47. The van der Waals surface area contributed by atoms with Gasteiger partial charge in [0.1, 0.15) is 17.1 Å². The Bertz CT molecular complexity index is 776. The molecule has 132 valence electrons. The van der Waals surface area contributed by atoms with E-state index in [1.54, 1.807) is 6.92 Å². The second kappa shape index (κ2) is 7.42. The fourth-order valence-corrected chi connectivity index (χ4v) is 2.68. The molecule has 0 spiro atoms. The summed E-state index contributed by atoms with van der Waals surface area (Å²) in [6, 6.07) is 8.85. The van der Waals surface area contributed by atoms with Crippen LogP contribution in [0.15, 0.2) is 34.7 Å². The summed E-state index contributed by atoms with van der Waals surface area (Å²) in [5, 5.41) is 11.9. The number of hydrogen-bond donors (Lipinski definition) is 2. The number of carboxylic acids is 1.